The number of amides is 1. The first-order valence-corrected chi connectivity index (χ1v) is 9.06. The van der Waals surface area contributed by atoms with Crippen molar-refractivity contribution in [2.24, 2.45) is 0 Å². The van der Waals surface area contributed by atoms with Crippen molar-refractivity contribution >= 4 is 21.6 Å². The molecule has 26 heavy (non-hydrogen) atoms. The van der Waals surface area contributed by atoms with Gasteiger partial charge in [-0.25, -0.2) is 12.8 Å². The smallest absolute Gasteiger partial charge is 0.242 e. The highest BCUT2D eigenvalue weighted by Gasteiger charge is 2.23. The highest BCUT2D eigenvalue weighted by Crippen LogP contribution is 2.29. The first kappa shape index (κ1) is 19.7. The number of sulfonamides is 1. The molecule has 1 atom stereocenters. The van der Waals surface area contributed by atoms with Crippen LogP contribution in [0.15, 0.2) is 47.4 Å². The van der Waals surface area contributed by atoms with E-state index in [0.29, 0.717) is 11.4 Å². The second kappa shape index (κ2) is 8.15. The van der Waals surface area contributed by atoms with Crippen LogP contribution in [0.25, 0.3) is 0 Å². The van der Waals surface area contributed by atoms with Crippen molar-refractivity contribution in [3.05, 3.63) is 48.3 Å². The molecular formula is C17H19FN2O5S. The van der Waals surface area contributed by atoms with Crippen LogP contribution < -0.4 is 19.5 Å². The van der Waals surface area contributed by atoms with Crippen LogP contribution in [-0.2, 0) is 14.8 Å². The number of halogens is 1. The van der Waals surface area contributed by atoms with E-state index < -0.39 is 27.8 Å². The first-order valence-electron chi connectivity index (χ1n) is 7.57. The molecule has 0 saturated carbocycles. The van der Waals surface area contributed by atoms with E-state index in [0.717, 1.165) is 0 Å². The molecule has 140 valence electrons. The third-order valence-electron chi connectivity index (χ3n) is 3.50. The number of nitrogens with one attached hydrogen (secondary N) is 2. The van der Waals surface area contributed by atoms with Gasteiger partial charge in [0.25, 0.3) is 0 Å². The zero-order valence-electron chi connectivity index (χ0n) is 14.4. The van der Waals surface area contributed by atoms with Crippen molar-refractivity contribution in [2.75, 3.05) is 19.5 Å². The highest BCUT2D eigenvalue weighted by atomic mass is 32.2. The van der Waals surface area contributed by atoms with Crippen molar-refractivity contribution in [3.8, 4) is 11.5 Å². The second-order valence-corrected chi connectivity index (χ2v) is 7.07. The Morgan fingerprint density at radius 2 is 1.65 bits per heavy atom. The standard InChI is InChI=1S/C17H19FN2O5S/c1-11(17(21)19-13-6-4-12(18)5-7-13)20-26(22,23)14-8-9-15(24-2)16(10-14)25-3/h4-11,20H,1-3H3,(H,19,21)/t11-/m1/s1. The molecule has 1 amide bonds. The molecule has 0 heterocycles. The minimum absolute atomic E-state index is 0.0726. The lowest BCUT2D eigenvalue weighted by Gasteiger charge is -2.15. The van der Waals surface area contributed by atoms with Crippen molar-refractivity contribution in [2.45, 2.75) is 17.9 Å². The molecule has 0 aliphatic rings. The summed E-state index contributed by atoms with van der Waals surface area (Å²) in [6.45, 7) is 1.40. The van der Waals surface area contributed by atoms with Crippen LogP contribution in [-0.4, -0.2) is 34.6 Å². The second-order valence-electron chi connectivity index (χ2n) is 5.36. The fraction of sp³-hybridized carbons (Fsp3) is 0.235. The molecule has 0 aliphatic carbocycles. The molecule has 9 heteroatoms. The Balaban J connectivity index is 2.12. The maximum atomic E-state index is 12.9. The van der Waals surface area contributed by atoms with Crippen LogP contribution in [0.2, 0.25) is 0 Å². The Morgan fingerprint density at radius 3 is 2.23 bits per heavy atom. The SMILES string of the molecule is COc1ccc(S(=O)(=O)N[C@H](C)C(=O)Nc2ccc(F)cc2)cc1OC. The molecule has 2 aromatic rings. The summed E-state index contributed by atoms with van der Waals surface area (Å²) >= 11 is 0. The normalized spacial score (nSPS) is 12.3. The summed E-state index contributed by atoms with van der Waals surface area (Å²) in [7, 11) is -1.14. The van der Waals surface area contributed by atoms with E-state index in [-0.39, 0.29) is 10.6 Å². The van der Waals surface area contributed by atoms with E-state index in [1.807, 2.05) is 0 Å². The molecule has 0 fully saturated rings. The van der Waals surface area contributed by atoms with E-state index >= 15 is 0 Å². The highest BCUT2D eigenvalue weighted by molar-refractivity contribution is 7.89. The molecule has 0 aromatic heterocycles. The summed E-state index contributed by atoms with van der Waals surface area (Å²) in [5, 5.41) is 2.51. The van der Waals surface area contributed by atoms with Gasteiger partial charge >= 0.3 is 0 Å². The van der Waals surface area contributed by atoms with E-state index in [9.17, 15) is 17.6 Å². The van der Waals surface area contributed by atoms with Crippen LogP contribution in [0.3, 0.4) is 0 Å². The van der Waals surface area contributed by atoms with Crippen LogP contribution in [0.1, 0.15) is 6.92 Å². The Hall–Kier alpha value is -2.65. The molecule has 0 aliphatic heterocycles. The minimum Gasteiger partial charge on any atom is -0.493 e. The maximum absolute atomic E-state index is 12.9. The summed E-state index contributed by atoms with van der Waals surface area (Å²) < 4.78 is 50.3. The lowest BCUT2D eigenvalue weighted by atomic mass is 10.3. The van der Waals surface area contributed by atoms with Gasteiger partial charge in [0.05, 0.1) is 25.2 Å². The Kier molecular flexibility index (Phi) is 6.17. The Morgan fingerprint density at radius 1 is 1.04 bits per heavy atom. The molecule has 0 bridgehead atoms. The number of rotatable bonds is 7. The van der Waals surface area contributed by atoms with Crippen molar-refractivity contribution in [3.63, 3.8) is 0 Å². The summed E-state index contributed by atoms with van der Waals surface area (Å²) in [5.74, 6) is -0.391. The fourth-order valence-corrected chi connectivity index (χ4v) is 3.34. The summed E-state index contributed by atoms with van der Waals surface area (Å²) in [6.07, 6.45) is 0. The zero-order chi connectivity index (χ0) is 19.3. The fourth-order valence-electron chi connectivity index (χ4n) is 2.12. The van der Waals surface area contributed by atoms with Crippen molar-refractivity contribution in [1.82, 2.24) is 4.72 Å². The van der Waals surface area contributed by atoms with Crippen LogP contribution >= 0.6 is 0 Å². The largest absolute Gasteiger partial charge is 0.493 e. The van der Waals surface area contributed by atoms with Gasteiger partial charge < -0.3 is 14.8 Å². The van der Waals surface area contributed by atoms with Crippen molar-refractivity contribution in [1.29, 1.82) is 0 Å². The lowest BCUT2D eigenvalue weighted by Crippen LogP contribution is -2.41. The van der Waals surface area contributed by atoms with Gasteiger partial charge in [0, 0.05) is 11.8 Å². The third-order valence-corrected chi connectivity index (χ3v) is 5.04. The molecule has 0 radical (unpaired) electrons. The molecule has 2 rings (SSSR count). The lowest BCUT2D eigenvalue weighted by molar-refractivity contribution is -0.117. The number of hydrogen-bond donors (Lipinski definition) is 2. The first-order chi connectivity index (χ1) is 12.3. The van der Waals surface area contributed by atoms with Gasteiger partial charge in [-0.15, -0.1) is 0 Å². The number of hydrogen-bond acceptors (Lipinski definition) is 5. The zero-order valence-corrected chi connectivity index (χ0v) is 15.3. The van der Waals surface area contributed by atoms with Crippen molar-refractivity contribution < 1.29 is 27.1 Å². The Labute approximate surface area is 151 Å². The average molecular weight is 382 g/mol. The number of methoxy groups -OCH3 is 2. The van der Waals surface area contributed by atoms with E-state index in [4.69, 9.17) is 9.47 Å². The summed E-state index contributed by atoms with van der Waals surface area (Å²) in [4.78, 5) is 12.1. The number of carbonyl (C=O) groups is 1. The molecule has 2 N–H and O–H groups in total. The quantitative estimate of drug-likeness (QED) is 0.765. The predicted octanol–water partition coefficient (Wildman–Crippen LogP) is 2.15. The Bertz CT molecular complexity index is 885. The number of carbonyl (C=O) groups excluding carboxylic acids is 1. The topological polar surface area (TPSA) is 93.7 Å². The van der Waals surface area contributed by atoms with Gasteiger partial charge in [0.15, 0.2) is 11.5 Å². The van der Waals surface area contributed by atoms with Crippen LogP contribution in [0.4, 0.5) is 10.1 Å². The van der Waals surface area contributed by atoms with Gasteiger partial charge in [-0.3, -0.25) is 4.79 Å². The van der Waals surface area contributed by atoms with Gasteiger partial charge in [-0.1, -0.05) is 0 Å². The number of anilines is 1. The average Bonchev–Trinajstić information content (AvgIpc) is 2.62. The van der Waals surface area contributed by atoms with Gasteiger partial charge in [0.2, 0.25) is 15.9 Å². The molecular weight excluding hydrogens is 363 g/mol. The van der Waals surface area contributed by atoms with Gasteiger partial charge in [-0.05, 0) is 43.3 Å². The van der Waals surface area contributed by atoms with Gasteiger partial charge in [0.1, 0.15) is 5.82 Å². The number of benzene rings is 2. The monoisotopic (exact) mass is 382 g/mol. The minimum atomic E-state index is -3.97. The molecule has 2 aromatic carbocycles. The molecule has 7 nitrogen and oxygen atoms in total. The van der Waals surface area contributed by atoms with E-state index in [1.165, 1.54) is 63.6 Å². The number of ether oxygens (including phenoxy) is 2. The molecule has 0 saturated heterocycles. The van der Waals surface area contributed by atoms with E-state index in [1.54, 1.807) is 0 Å². The third kappa shape index (κ3) is 4.70. The van der Waals surface area contributed by atoms with Crippen LogP contribution in [0.5, 0.6) is 11.5 Å². The summed E-state index contributed by atoms with van der Waals surface area (Å²) in [6, 6.07) is 8.17. The molecule has 0 unspecified atom stereocenters. The van der Waals surface area contributed by atoms with E-state index in [2.05, 4.69) is 10.0 Å². The molecule has 0 spiro atoms. The van der Waals surface area contributed by atoms with Gasteiger partial charge in [-0.2, -0.15) is 4.72 Å². The maximum Gasteiger partial charge on any atom is 0.242 e. The van der Waals surface area contributed by atoms with Crippen LogP contribution in [0, 0.1) is 5.82 Å². The summed E-state index contributed by atoms with van der Waals surface area (Å²) in [5.41, 5.74) is 0.355. The predicted molar refractivity (Wildman–Crippen MR) is 94.4 cm³/mol.